The first kappa shape index (κ1) is 9.52. The molecule has 70 valence electrons. The summed E-state index contributed by atoms with van der Waals surface area (Å²) in [4.78, 5) is 12.7. The molecule has 1 saturated heterocycles. The molecular weight excluding hydrogens is 154 g/mol. The van der Waals surface area contributed by atoms with Crippen molar-refractivity contribution in [1.29, 1.82) is 0 Å². The zero-order valence-corrected chi connectivity index (χ0v) is 7.79. The lowest BCUT2D eigenvalue weighted by Gasteiger charge is -2.33. The van der Waals surface area contributed by atoms with E-state index in [-0.39, 0.29) is 6.04 Å². The molecule has 1 heterocycles. The van der Waals surface area contributed by atoms with E-state index in [9.17, 15) is 4.79 Å². The van der Waals surface area contributed by atoms with E-state index in [0.717, 1.165) is 19.5 Å². The van der Waals surface area contributed by atoms with Crippen molar-refractivity contribution < 1.29 is 9.90 Å². The summed E-state index contributed by atoms with van der Waals surface area (Å²) >= 11 is 0. The Morgan fingerprint density at radius 2 is 2.33 bits per heavy atom. The van der Waals surface area contributed by atoms with E-state index in [1.54, 1.807) is 6.92 Å². The molecular formula is C9H17NO2. The number of aliphatic carboxylic acids is 1. The van der Waals surface area contributed by atoms with Gasteiger partial charge >= 0.3 is 5.97 Å². The van der Waals surface area contributed by atoms with Crippen LogP contribution in [0.25, 0.3) is 0 Å². The van der Waals surface area contributed by atoms with Gasteiger partial charge in [0.15, 0.2) is 0 Å². The predicted molar refractivity (Wildman–Crippen MR) is 47.1 cm³/mol. The van der Waals surface area contributed by atoms with Gasteiger partial charge in [0.05, 0.1) is 0 Å². The molecule has 0 saturated carbocycles. The zero-order valence-electron chi connectivity index (χ0n) is 7.79. The summed E-state index contributed by atoms with van der Waals surface area (Å²) in [6.45, 7) is 5.83. The number of carbonyl (C=O) groups is 1. The third kappa shape index (κ3) is 2.21. The molecule has 0 aliphatic carbocycles. The Bertz CT molecular complexity index is 170. The quantitative estimate of drug-likeness (QED) is 0.678. The Kier molecular flexibility index (Phi) is 3.09. The van der Waals surface area contributed by atoms with Gasteiger partial charge in [0.2, 0.25) is 0 Å². The van der Waals surface area contributed by atoms with E-state index in [0.29, 0.717) is 5.92 Å². The van der Waals surface area contributed by atoms with Gasteiger partial charge in [-0.3, -0.25) is 9.69 Å². The summed E-state index contributed by atoms with van der Waals surface area (Å²) in [6.07, 6.45) is 2.38. The summed E-state index contributed by atoms with van der Waals surface area (Å²) in [5.74, 6) is -0.0513. The Morgan fingerprint density at radius 3 is 2.83 bits per heavy atom. The van der Waals surface area contributed by atoms with Crippen LogP contribution in [0.1, 0.15) is 26.7 Å². The van der Waals surface area contributed by atoms with E-state index in [4.69, 9.17) is 5.11 Å². The van der Waals surface area contributed by atoms with Crippen molar-refractivity contribution in [3.8, 4) is 0 Å². The number of hydrogen-bond donors (Lipinski definition) is 1. The fraction of sp³-hybridized carbons (Fsp3) is 0.889. The highest BCUT2D eigenvalue weighted by molar-refractivity contribution is 5.72. The molecule has 1 aliphatic heterocycles. The Morgan fingerprint density at radius 1 is 1.67 bits per heavy atom. The molecule has 3 nitrogen and oxygen atoms in total. The molecule has 0 radical (unpaired) electrons. The molecule has 0 amide bonds. The molecule has 0 aromatic rings. The van der Waals surface area contributed by atoms with Crippen LogP contribution >= 0.6 is 0 Å². The molecule has 12 heavy (non-hydrogen) atoms. The number of likely N-dealkylation sites (tertiary alicyclic amines) is 1. The smallest absolute Gasteiger partial charge is 0.320 e. The van der Waals surface area contributed by atoms with Crippen LogP contribution in [0.3, 0.4) is 0 Å². The van der Waals surface area contributed by atoms with Gasteiger partial charge in [0.25, 0.3) is 0 Å². The highest BCUT2D eigenvalue weighted by Crippen LogP contribution is 2.17. The standard InChI is InChI=1S/C9H17NO2/c1-7-4-3-5-10(6-7)8(2)9(11)12/h7-8H,3-6H2,1-2H3,(H,11,12)/t7-,8+/m0/s1. The van der Waals surface area contributed by atoms with Crippen LogP contribution in [0, 0.1) is 5.92 Å². The van der Waals surface area contributed by atoms with Gasteiger partial charge in [-0.15, -0.1) is 0 Å². The lowest BCUT2D eigenvalue weighted by atomic mass is 9.99. The van der Waals surface area contributed by atoms with Crippen molar-refractivity contribution in [3.63, 3.8) is 0 Å². The van der Waals surface area contributed by atoms with Crippen molar-refractivity contribution in [2.75, 3.05) is 13.1 Å². The Hall–Kier alpha value is -0.570. The van der Waals surface area contributed by atoms with Crippen LogP contribution in [-0.2, 0) is 4.79 Å². The topological polar surface area (TPSA) is 40.5 Å². The molecule has 0 bridgehead atoms. The lowest BCUT2D eigenvalue weighted by Crippen LogP contribution is -2.44. The third-order valence-corrected chi connectivity index (χ3v) is 2.59. The fourth-order valence-corrected chi connectivity index (χ4v) is 1.73. The first-order valence-electron chi connectivity index (χ1n) is 4.58. The van der Waals surface area contributed by atoms with Gasteiger partial charge in [-0.25, -0.2) is 0 Å². The third-order valence-electron chi connectivity index (χ3n) is 2.59. The first-order valence-corrected chi connectivity index (χ1v) is 4.58. The highest BCUT2D eigenvalue weighted by atomic mass is 16.4. The Balaban J connectivity index is 2.45. The molecule has 1 aliphatic rings. The number of carboxylic acids is 1. The largest absolute Gasteiger partial charge is 0.480 e. The molecule has 1 fully saturated rings. The van der Waals surface area contributed by atoms with E-state index < -0.39 is 5.97 Å². The predicted octanol–water partition coefficient (Wildman–Crippen LogP) is 1.19. The van der Waals surface area contributed by atoms with E-state index in [1.165, 1.54) is 6.42 Å². The van der Waals surface area contributed by atoms with Crippen LogP contribution in [0.5, 0.6) is 0 Å². The van der Waals surface area contributed by atoms with E-state index in [2.05, 4.69) is 11.8 Å². The molecule has 3 heteroatoms. The molecule has 0 unspecified atom stereocenters. The normalized spacial score (nSPS) is 28.3. The van der Waals surface area contributed by atoms with Gasteiger partial charge in [-0.2, -0.15) is 0 Å². The summed E-state index contributed by atoms with van der Waals surface area (Å²) in [7, 11) is 0. The highest BCUT2D eigenvalue weighted by Gasteiger charge is 2.24. The second-order valence-electron chi connectivity index (χ2n) is 3.76. The molecule has 0 aromatic heterocycles. The van der Waals surface area contributed by atoms with Crippen LogP contribution in [0.2, 0.25) is 0 Å². The van der Waals surface area contributed by atoms with Crippen LogP contribution in [-0.4, -0.2) is 35.1 Å². The van der Waals surface area contributed by atoms with Crippen molar-refractivity contribution in [1.82, 2.24) is 4.90 Å². The fourth-order valence-electron chi connectivity index (χ4n) is 1.73. The lowest BCUT2D eigenvalue weighted by molar-refractivity contribution is -0.143. The summed E-state index contributed by atoms with van der Waals surface area (Å²) in [5, 5.41) is 8.78. The second kappa shape index (κ2) is 3.90. The minimum Gasteiger partial charge on any atom is -0.480 e. The van der Waals surface area contributed by atoms with E-state index >= 15 is 0 Å². The van der Waals surface area contributed by atoms with Crippen molar-refractivity contribution >= 4 is 5.97 Å². The number of hydrogen-bond acceptors (Lipinski definition) is 2. The molecule has 0 aromatic carbocycles. The van der Waals surface area contributed by atoms with Gasteiger partial charge in [0.1, 0.15) is 6.04 Å². The summed E-state index contributed by atoms with van der Waals surface area (Å²) in [5.41, 5.74) is 0. The van der Waals surface area contributed by atoms with Crippen LogP contribution in [0.15, 0.2) is 0 Å². The number of nitrogens with zero attached hydrogens (tertiary/aromatic N) is 1. The van der Waals surface area contributed by atoms with Crippen molar-refractivity contribution in [3.05, 3.63) is 0 Å². The Labute approximate surface area is 73.4 Å². The number of piperidine rings is 1. The SMILES string of the molecule is C[C@H]1CCCN([C@H](C)C(=O)O)C1. The summed E-state index contributed by atoms with van der Waals surface area (Å²) < 4.78 is 0. The minimum atomic E-state index is -0.705. The first-order chi connectivity index (χ1) is 5.61. The molecule has 0 spiro atoms. The number of rotatable bonds is 2. The monoisotopic (exact) mass is 171 g/mol. The van der Waals surface area contributed by atoms with Gasteiger partial charge < -0.3 is 5.11 Å². The molecule has 2 atom stereocenters. The molecule has 1 N–H and O–H groups in total. The summed E-state index contributed by atoms with van der Waals surface area (Å²) in [6, 6.07) is -0.312. The average Bonchev–Trinajstić information content (AvgIpc) is 2.03. The number of carboxylic acid groups (broad SMARTS) is 1. The van der Waals surface area contributed by atoms with Crippen LogP contribution in [0.4, 0.5) is 0 Å². The average molecular weight is 171 g/mol. The van der Waals surface area contributed by atoms with E-state index in [1.807, 2.05) is 0 Å². The molecule has 1 rings (SSSR count). The van der Waals surface area contributed by atoms with Crippen molar-refractivity contribution in [2.45, 2.75) is 32.7 Å². The van der Waals surface area contributed by atoms with Gasteiger partial charge in [-0.1, -0.05) is 6.92 Å². The van der Waals surface area contributed by atoms with Gasteiger partial charge in [0, 0.05) is 6.54 Å². The minimum absolute atomic E-state index is 0.312. The van der Waals surface area contributed by atoms with Crippen LogP contribution < -0.4 is 0 Å². The maximum atomic E-state index is 10.7. The maximum absolute atomic E-state index is 10.7. The zero-order chi connectivity index (χ0) is 9.14. The second-order valence-corrected chi connectivity index (χ2v) is 3.76. The maximum Gasteiger partial charge on any atom is 0.320 e. The van der Waals surface area contributed by atoms with Crippen molar-refractivity contribution in [2.24, 2.45) is 5.92 Å². The van der Waals surface area contributed by atoms with Gasteiger partial charge in [-0.05, 0) is 32.2 Å².